The number of hydrogen-bond donors (Lipinski definition) is 11. The van der Waals surface area contributed by atoms with Crippen LogP contribution in [0.2, 0.25) is 0 Å². The Hall–Kier alpha value is -8.57. The van der Waals surface area contributed by atoms with Gasteiger partial charge < -0.3 is 60.6 Å². The van der Waals surface area contributed by atoms with Crippen LogP contribution in [0, 0.1) is 0 Å². The zero-order chi connectivity index (χ0) is 43.2. The van der Waals surface area contributed by atoms with Crippen LogP contribution >= 0.6 is 11.3 Å². The monoisotopic (exact) mass is 840 g/mol. The van der Waals surface area contributed by atoms with Crippen molar-refractivity contribution in [3.8, 4) is 109 Å². The fourth-order valence-electron chi connectivity index (χ4n) is 8.52. The third-order valence-corrected chi connectivity index (χ3v) is 12.5. The van der Waals surface area contributed by atoms with Gasteiger partial charge in [0.25, 0.3) is 0 Å². The Morgan fingerprint density at radius 3 is 1.48 bits per heavy atom. The average molecular weight is 841 g/mol. The molecule has 15 nitrogen and oxygen atoms in total. The predicted octanol–water partition coefficient (Wildman–Crippen LogP) is 7.61. The molecule has 4 aromatic heterocycles. The zero-order valence-electron chi connectivity index (χ0n) is 31.3. The summed E-state index contributed by atoms with van der Waals surface area (Å²) >= 11 is 0.746. The summed E-state index contributed by atoms with van der Waals surface area (Å²) in [7, 11) is 5.97. The Labute approximate surface area is 350 Å². The summed E-state index contributed by atoms with van der Waals surface area (Å²) in [6, 6.07) is 25.0. The molecule has 0 aliphatic rings. The van der Waals surface area contributed by atoms with Crippen LogP contribution in [0.3, 0.4) is 0 Å². The number of phenolic OH excluding ortho intramolecular Hbond substituents is 11. The minimum atomic E-state index is -1.15. The second kappa shape index (κ2) is 12.5. The number of hydrogen-bond acceptors (Lipinski definition) is 15. The number of aromatic hydroxyl groups is 11. The molecule has 11 rings (SSSR count). The summed E-state index contributed by atoms with van der Waals surface area (Å²) in [5.41, 5.74) is 0.189. The van der Waals surface area contributed by atoms with E-state index in [1.54, 1.807) is 24.3 Å². The maximum Gasteiger partial charge on any atom is 0.206 e. The summed E-state index contributed by atoms with van der Waals surface area (Å²) < 4.78 is 0.938. The van der Waals surface area contributed by atoms with Crippen LogP contribution in [-0.4, -0.2) is 83.4 Å². The maximum absolute atomic E-state index is 12.3. The van der Waals surface area contributed by atoms with E-state index in [1.165, 1.54) is 0 Å². The van der Waals surface area contributed by atoms with E-state index in [9.17, 15) is 56.2 Å². The van der Waals surface area contributed by atoms with Crippen molar-refractivity contribution in [2.75, 3.05) is 0 Å². The van der Waals surface area contributed by atoms with Crippen LogP contribution < -0.4 is 5.46 Å². The summed E-state index contributed by atoms with van der Waals surface area (Å²) in [6.45, 7) is 0. The van der Waals surface area contributed by atoms with Gasteiger partial charge in [-0.25, -0.2) is 15.0 Å². The molecule has 0 spiro atoms. The third-order valence-electron chi connectivity index (χ3n) is 11.3. The van der Waals surface area contributed by atoms with Gasteiger partial charge in [-0.1, -0.05) is 78.9 Å². The first-order valence-corrected chi connectivity index (χ1v) is 19.4. The smallest absolute Gasteiger partial charge is 0.206 e. The highest BCUT2D eigenvalue weighted by atomic mass is 32.1. The molecule has 11 aromatic rings. The van der Waals surface area contributed by atoms with Crippen LogP contribution in [0.5, 0.6) is 63.2 Å². The van der Waals surface area contributed by atoms with Crippen molar-refractivity contribution < 1.29 is 56.2 Å². The van der Waals surface area contributed by atoms with Crippen molar-refractivity contribution in [1.82, 2.24) is 19.4 Å². The summed E-state index contributed by atoms with van der Waals surface area (Å²) in [5.74, 6) is -8.64. The molecule has 0 aliphatic carbocycles. The van der Waals surface area contributed by atoms with Gasteiger partial charge in [-0.3, -0.25) is 0 Å². The minimum absolute atomic E-state index is 0.0158. The molecular weight excluding hydrogens is 815 g/mol. The Morgan fingerprint density at radius 1 is 0.371 bits per heavy atom. The molecule has 0 atom stereocenters. The van der Waals surface area contributed by atoms with E-state index >= 15 is 0 Å². The standard InChI is InChI=1S/C45H25BN4O11S/c46-26-35(56)28-22(33(54)36(26)57)23-27-20(21-29(50(27)28)37(58)39(60)38(59)34(21)55)31(52)24-25-30(51)19(32(53)40(61)42(25)62-41(23)24)17-12-7-13-18(14-17)45-48-43(15-8-3-1-4-9-15)47-44(49-45)16-10-5-2-6-11-16/h1-14,51-61H. The molecule has 17 heteroatoms. The molecule has 4 heterocycles. The van der Waals surface area contributed by atoms with Gasteiger partial charge in [0.05, 0.1) is 42.8 Å². The van der Waals surface area contributed by atoms with Crippen LogP contribution in [0.25, 0.3) is 104 Å². The van der Waals surface area contributed by atoms with Crippen LogP contribution in [0.15, 0.2) is 84.9 Å². The number of aromatic nitrogens is 4. The first-order chi connectivity index (χ1) is 29.8. The average Bonchev–Trinajstić information content (AvgIpc) is 3.98. The highest BCUT2D eigenvalue weighted by Crippen LogP contribution is 2.63. The fraction of sp³-hybridized carbons (Fsp3) is 0. The molecule has 0 unspecified atom stereocenters. The summed E-state index contributed by atoms with van der Waals surface area (Å²) in [4.78, 5) is 14.3. The van der Waals surface area contributed by atoms with Gasteiger partial charge in [0.15, 0.2) is 52.0 Å². The number of fused-ring (bicyclic) bond motifs is 10. The fourth-order valence-corrected chi connectivity index (χ4v) is 9.82. The van der Waals surface area contributed by atoms with E-state index in [-0.39, 0.29) is 64.3 Å². The normalized spacial score (nSPS) is 12.0. The lowest BCUT2D eigenvalue weighted by Gasteiger charge is -2.13. The molecule has 0 saturated carbocycles. The van der Waals surface area contributed by atoms with Crippen molar-refractivity contribution >= 4 is 82.9 Å². The van der Waals surface area contributed by atoms with Gasteiger partial charge in [0, 0.05) is 32.2 Å². The number of thiophene rings is 1. The van der Waals surface area contributed by atoms with Crippen molar-refractivity contribution in [2.24, 2.45) is 0 Å². The van der Waals surface area contributed by atoms with Crippen molar-refractivity contribution in [3.63, 3.8) is 0 Å². The molecule has 2 radical (unpaired) electrons. The Balaban J connectivity index is 1.24. The molecule has 7 aromatic carbocycles. The van der Waals surface area contributed by atoms with E-state index in [0.717, 1.165) is 26.9 Å². The highest BCUT2D eigenvalue weighted by molar-refractivity contribution is 7.27. The van der Waals surface area contributed by atoms with Gasteiger partial charge in [0.2, 0.25) is 11.5 Å². The Kier molecular flexibility index (Phi) is 7.35. The predicted molar refractivity (Wildman–Crippen MR) is 233 cm³/mol. The van der Waals surface area contributed by atoms with E-state index < -0.39 is 79.6 Å². The molecule has 300 valence electrons. The summed E-state index contributed by atoms with van der Waals surface area (Å²) in [6.07, 6.45) is 0. The van der Waals surface area contributed by atoms with Gasteiger partial charge in [0.1, 0.15) is 30.6 Å². The van der Waals surface area contributed by atoms with Crippen molar-refractivity contribution in [2.45, 2.75) is 0 Å². The van der Waals surface area contributed by atoms with Gasteiger partial charge in [-0.15, -0.1) is 11.3 Å². The highest BCUT2D eigenvalue weighted by Gasteiger charge is 2.36. The van der Waals surface area contributed by atoms with Gasteiger partial charge >= 0.3 is 0 Å². The lowest BCUT2D eigenvalue weighted by molar-refractivity contribution is 0.350. The van der Waals surface area contributed by atoms with E-state index in [4.69, 9.17) is 22.8 Å². The second-order valence-corrected chi connectivity index (χ2v) is 15.7. The Morgan fingerprint density at radius 2 is 0.855 bits per heavy atom. The quantitative estimate of drug-likeness (QED) is 0.0463. The SMILES string of the molecule is [B]c1c(O)c(O)c2c3c4sc5c(O)c(O)c(-c6cccc(-c7nc(-c8ccccc8)nc(-c8ccccc8)n7)c6)c(O)c5c4c(O)c4c5c(O)c(O)c(O)c(O)c5n(c2c1O)c43. The number of nitrogens with zero attached hydrogens (tertiary/aromatic N) is 4. The van der Waals surface area contributed by atoms with E-state index in [0.29, 0.717) is 17.2 Å². The minimum Gasteiger partial charge on any atom is -0.507 e. The topological polar surface area (TPSA) is 266 Å². The molecule has 11 N–H and O–H groups in total. The zero-order valence-corrected chi connectivity index (χ0v) is 32.1. The number of phenols is 11. The maximum atomic E-state index is 12.3. The molecule has 0 aliphatic heterocycles. The Bertz CT molecular complexity index is 3730. The third kappa shape index (κ3) is 4.56. The second-order valence-electron chi connectivity index (χ2n) is 14.6. The van der Waals surface area contributed by atoms with Crippen LogP contribution in [-0.2, 0) is 0 Å². The summed E-state index contributed by atoms with van der Waals surface area (Å²) in [5, 5.41) is 124. The lowest BCUT2D eigenvalue weighted by Crippen LogP contribution is -2.05. The number of benzene rings is 7. The molecule has 0 bridgehead atoms. The van der Waals surface area contributed by atoms with Crippen LogP contribution in [0.4, 0.5) is 0 Å². The molecule has 0 fully saturated rings. The molecule has 0 saturated heterocycles. The van der Waals surface area contributed by atoms with Crippen molar-refractivity contribution in [3.05, 3.63) is 84.9 Å². The van der Waals surface area contributed by atoms with E-state index in [1.807, 2.05) is 60.7 Å². The molecular formula is C45H25BN4O11S. The molecule has 0 amide bonds. The largest absolute Gasteiger partial charge is 0.507 e. The van der Waals surface area contributed by atoms with E-state index in [2.05, 4.69) is 0 Å². The first kappa shape index (κ1) is 36.5. The first-order valence-electron chi connectivity index (χ1n) is 18.6. The molecule has 62 heavy (non-hydrogen) atoms. The van der Waals surface area contributed by atoms with Crippen molar-refractivity contribution in [1.29, 1.82) is 0 Å². The lowest BCUT2D eigenvalue weighted by atomic mass is 9.91. The van der Waals surface area contributed by atoms with Crippen LogP contribution in [0.1, 0.15) is 0 Å². The number of rotatable bonds is 4. The van der Waals surface area contributed by atoms with Gasteiger partial charge in [-0.05, 0) is 17.1 Å². The van der Waals surface area contributed by atoms with Gasteiger partial charge in [-0.2, -0.15) is 0 Å².